The summed E-state index contributed by atoms with van der Waals surface area (Å²) in [6.45, 7) is 0. The Labute approximate surface area is 334 Å². The van der Waals surface area contributed by atoms with Gasteiger partial charge in [0.2, 0.25) is 0 Å². The lowest BCUT2D eigenvalue weighted by atomic mass is 9.95. The first kappa shape index (κ1) is 34.0. The summed E-state index contributed by atoms with van der Waals surface area (Å²) in [5, 5.41) is 5.00. The highest BCUT2D eigenvalue weighted by atomic mass is 15.1. The molecule has 0 aliphatic heterocycles. The van der Waals surface area contributed by atoms with E-state index in [1.54, 1.807) is 0 Å². The molecule has 0 aromatic heterocycles. The molecule has 0 atom stereocenters. The van der Waals surface area contributed by atoms with Crippen LogP contribution in [-0.4, -0.2) is 0 Å². The fourth-order valence-electron chi connectivity index (χ4n) is 8.11. The zero-order valence-electron chi connectivity index (χ0n) is 31.5. The van der Waals surface area contributed by atoms with Crippen molar-refractivity contribution in [3.05, 3.63) is 237 Å². The predicted molar refractivity (Wildman–Crippen MR) is 243 cm³/mol. The summed E-state index contributed by atoms with van der Waals surface area (Å²) in [5.74, 6) is 0. The Morgan fingerprint density at radius 2 is 0.667 bits per heavy atom. The van der Waals surface area contributed by atoms with E-state index in [0.29, 0.717) is 0 Å². The van der Waals surface area contributed by atoms with Crippen molar-refractivity contribution in [3.63, 3.8) is 0 Å². The van der Waals surface area contributed by atoms with E-state index < -0.39 is 0 Å². The van der Waals surface area contributed by atoms with Crippen molar-refractivity contribution in [2.75, 3.05) is 4.90 Å². The molecule has 0 heterocycles. The van der Waals surface area contributed by atoms with E-state index in [2.05, 4.69) is 241 Å². The molecule has 0 spiro atoms. The number of anilines is 3. The standard InChI is InChI=1S/C56H39N/c1-3-12-40(13-4-1)43-28-33-51(34-29-43)57(52-35-30-44(31-36-52)42-22-25-47(26-23-42)54-21-11-19-45-17-9-10-20-53(45)54)56-39-50(32-37-55(56)46-15-5-2-6-16-46)49-27-24-41-14-7-8-18-48(41)38-49/h1-39H. The number of hydrogen-bond donors (Lipinski definition) is 0. The van der Waals surface area contributed by atoms with Gasteiger partial charge in [-0.05, 0) is 108 Å². The average Bonchev–Trinajstić information content (AvgIpc) is 3.30. The molecule has 10 aromatic rings. The first-order chi connectivity index (χ1) is 28.2. The zero-order chi connectivity index (χ0) is 38.0. The van der Waals surface area contributed by atoms with Crippen LogP contribution in [0.4, 0.5) is 17.1 Å². The minimum absolute atomic E-state index is 1.09. The second-order valence-electron chi connectivity index (χ2n) is 14.6. The molecule has 0 bridgehead atoms. The maximum Gasteiger partial charge on any atom is 0.0546 e. The van der Waals surface area contributed by atoms with Crippen molar-refractivity contribution in [3.8, 4) is 55.6 Å². The largest absolute Gasteiger partial charge is 0.310 e. The highest BCUT2D eigenvalue weighted by molar-refractivity contribution is 5.97. The number of nitrogens with zero attached hydrogens (tertiary/aromatic N) is 1. The molecule has 10 aromatic carbocycles. The van der Waals surface area contributed by atoms with Gasteiger partial charge < -0.3 is 4.90 Å². The van der Waals surface area contributed by atoms with Crippen LogP contribution in [0.3, 0.4) is 0 Å². The highest BCUT2D eigenvalue weighted by Gasteiger charge is 2.19. The molecule has 268 valence electrons. The van der Waals surface area contributed by atoms with Crippen LogP contribution < -0.4 is 4.90 Å². The molecule has 0 radical (unpaired) electrons. The lowest BCUT2D eigenvalue weighted by Gasteiger charge is -2.29. The SMILES string of the molecule is c1ccc(-c2ccc(N(c3ccc(-c4ccc(-c5cccc6ccccc56)cc4)cc3)c3cc(-c4ccc5ccccc5c4)ccc3-c3ccccc3)cc2)cc1. The Balaban J connectivity index is 1.08. The Morgan fingerprint density at radius 3 is 1.33 bits per heavy atom. The minimum Gasteiger partial charge on any atom is -0.310 e. The van der Waals surface area contributed by atoms with Gasteiger partial charge in [-0.1, -0.05) is 200 Å². The molecule has 0 aliphatic rings. The van der Waals surface area contributed by atoms with Crippen molar-refractivity contribution < 1.29 is 0 Å². The summed E-state index contributed by atoms with van der Waals surface area (Å²) >= 11 is 0. The predicted octanol–water partition coefficient (Wildman–Crippen LogP) is 15.8. The normalized spacial score (nSPS) is 11.2. The van der Waals surface area contributed by atoms with Crippen LogP contribution >= 0.6 is 0 Å². The first-order valence-electron chi connectivity index (χ1n) is 19.6. The molecule has 0 unspecified atom stereocenters. The van der Waals surface area contributed by atoms with Gasteiger partial charge in [0.25, 0.3) is 0 Å². The second kappa shape index (κ2) is 15.0. The summed E-state index contributed by atoms with van der Waals surface area (Å²) in [5.41, 5.74) is 15.2. The maximum atomic E-state index is 2.41. The molecule has 10 rings (SSSR count). The van der Waals surface area contributed by atoms with Crippen LogP contribution in [0.25, 0.3) is 77.2 Å². The summed E-state index contributed by atoms with van der Waals surface area (Å²) in [6, 6.07) is 85.7. The molecular formula is C56H39N. The van der Waals surface area contributed by atoms with Gasteiger partial charge in [-0.15, -0.1) is 0 Å². The van der Waals surface area contributed by atoms with E-state index in [9.17, 15) is 0 Å². The van der Waals surface area contributed by atoms with Crippen LogP contribution in [0.1, 0.15) is 0 Å². The lowest BCUT2D eigenvalue weighted by Crippen LogP contribution is -2.11. The minimum atomic E-state index is 1.09. The average molecular weight is 726 g/mol. The third-order valence-electron chi connectivity index (χ3n) is 11.1. The molecule has 57 heavy (non-hydrogen) atoms. The highest BCUT2D eigenvalue weighted by Crippen LogP contribution is 2.44. The Bertz CT molecular complexity index is 2960. The van der Waals surface area contributed by atoms with Crippen molar-refractivity contribution in [1.29, 1.82) is 0 Å². The van der Waals surface area contributed by atoms with Crippen LogP contribution in [0.15, 0.2) is 237 Å². The van der Waals surface area contributed by atoms with Crippen LogP contribution in [0.2, 0.25) is 0 Å². The smallest absolute Gasteiger partial charge is 0.0546 e. The van der Waals surface area contributed by atoms with E-state index in [1.165, 1.54) is 77.2 Å². The Kier molecular flexibility index (Phi) is 8.95. The fraction of sp³-hybridized carbons (Fsp3) is 0. The van der Waals surface area contributed by atoms with Crippen LogP contribution in [0.5, 0.6) is 0 Å². The number of fused-ring (bicyclic) bond motifs is 2. The van der Waals surface area contributed by atoms with Crippen LogP contribution in [-0.2, 0) is 0 Å². The van der Waals surface area contributed by atoms with Gasteiger partial charge in [0, 0.05) is 16.9 Å². The number of hydrogen-bond acceptors (Lipinski definition) is 1. The molecular weight excluding hydrogens is 687 g/mol. The molecule has 1 nitrogen and oxygen atoms in total. The van der Waals surface area contributed by atoms with Gasteiger partial charge in [-0.3, -0.25) is 0 Å². The molecule has 0 saturated carbocycles. The third-order valence-corrected chi connectivity index (χ3v) is 11.1. The van der Waals surface area contributed by atoms with Crippen molar-refractivity contribution in [1.82, 2.24) is 0 Å². The lowest BCUT2D eigenvalue weighted by molar-refractivity contribution is 1.28. The maximum absolute atomic E-state index is 2.41. The van der Waals surface area contributed by atoms with Gasteiger partial charge in [0.1, 0.15) is 0 Å². The summed E-state index contributed by atoms with van der Waals surface area (Å²) in [4.78, 5) is 2.41. The summed E-state index contributed by atoms with van der Waals surface area (Å²) in [7, 11) is 0. The van der Waals surface area contributed by atoms with E-state index in [0.717, 1.165) is 17.1 Å². The molecule has 0 amide bonds. The first-order valence-corrected chi connectivity index (χ1v) is 19.6. The van der Waals surface area contributed by atoms with Gasteiger partial charge >= 0.3 is 0 Å². The Morgan fingerprint density at radius 1 is 0.228 bits per heavy atom. The number of rotatable bonds is 8. The van der Waals surface area contributed by atoms with E-state index in [-0.39, 0.29) is 0 Å². The Hall–Kier alpha value is -7.48. The van der Waals surface area contributed by atoms with Gasteiger partial charge in [-0.25, -0.2) is 0 Å². The monoisotopic (exact) mass is 725 g/mol. The van der Waals surface area contributed by atoms with E-state index in [1.807, 2.05) is 0 Å². The summed E-state index contributed by atoms with van der Waals surface area (Å²) < 4.78 is 0. The topological polar surface area (TPSA) is 3.24 Å². The molecule has 0 fully saturated rings. The van der Waals surface area contributed by atoms with Crippen LogP contribution in [0, 0.1) is 0 Å². The van der Waals surface area contributed by atoms with Crippen molar-refractivity contribution >= 4 is 38.6 Å². The van der Waals surface area contributed by atoms with Gasteiger partial charge in [-0.2, -0.15) is 0 Å². The third kappa shape index (κ3) is 6.77. The molecule has 0 saturated heterocycles. The zero-order valence-corrected chi connectivity index (χ0v) is 31.5. The van der Waals surface area contributed by atoms with Crippen molar-refractivity contribution in [2.45, 2.75) is 0 Å². The fourth-order valence-corrected chi connectivity index (χ4v) is 8.11. The molecule has 0 aliphatic carbocycles. The summed E-state index contributed by atoms with van der Waals surface area (Å²) in [6.07, 6.45) is 0. The second-order valence-corrected chi connectivity index (χ2v) is 14.6. The molecule has 1 heteroatoms. The van der Waals surface area contributed by atoms with Crippen molar-refractivity contribution in [2.24, 2.45) is 0 Å². The van der Waals surface area contributed by atoms with E-state index >= 15 is 0 Å². The molecule has 0 N–H and O–H groups in total. The quantitative estimate of drug-likeness (QED) is 0.151. The van der Waals surface area contributed by atoms with Gasteiger partial charge in [0.15, 0.2) is 0 Å². The van der Waals surface area contributed by atoms with E-state index in [4.69, 9.17) is 0 Å². The van der Waals surface area contributed by atoms with Gasteiger partial charge in [0.05, 0.1) is 5.69 Å². The number of benzene rings is 10.